The number of nitrogens with one attached hydrogen (secondary N) is 1. The quantitative estimate of drug-likeness (QED) is 0.730. The lowest BCUT2D eigenvalue weighted by Crippen LogP contribution is -2.41. The molecule has 1 saturated heterocycles. The van der Waals surface area contributed by atoms with E-state index in [1.54, 1.807) is 18.3 Å². The lowest BCUT2D eigenvalue weighted by molar-refractivity contribution is 0.0383. The lowest BCUT2D eigenvalue weighted by Gasteiger charge is -2.26. The lowest BCUT2D eigenvalue weighted by atomic mass is 10.2. The third-order valence-electron chi connectivity index (χ3n) is 3.14. The number of hydrogen-bond donors (Lipinski definition) is 2. The molecular formula is C15H19N3O3. The van der Waals surface area contributed by atoms with Gasteiger partial charge < -0.3 is 15.2 Å². The van der Waals surface area contributed by atoms with E-state index in [0.29, 0.717) is 17.8 Å². The summed E-state index contributed by atoms with van der Waals surface area (Å²) in [7, 11) is 0. The number of aliphatic hydroxyl groups excluding tert-OH is 1. The van der Waals surface area contributed by atoms with Crippen molar-refractivity contribution in [2.24, 2.45) is 0 Å². The second-order valence-corrected chi connectivity index (χ2v) is 4.57. The molecule has 112 valence electrons. The minimum Gasteiger partial charge on any atom is -0.384 e. The van der Waals surface area contributed by atoms with Crippen LogP contribution in [0.4, 0.5) is 0 Å². The summed E-state index contributed by atoms with van der Waals surface area (Å²) in [4.78, 5) is 18.4. The fourth-order valence-electron chi connectivity index (χ4n) is 2.06. The maximum atomic E-state index is 12.1. The summed E-state index contributed by atoms with van der Waals surface area (Å²) in [5, 5.41) is 11.6. The Bertz CT molecular complexity index is 530. The Labute approximate surface area is 124 Å². The number of ether oxygens (including phenoxy) is 1. The summed E-state index contributed by atoms with van der Waals surface area (Å²) in [5.41, 5.74) is 0.816. The molecule has 0 aromatic carbocycles. The maximum absolute atomic E-state index is 12.1. The van der Waals surface area contributed by atoms with E-state index in [-0.39, 0.29) is 12.5 Å². The summed E-state index contributed by atoms with van der Waals surface area (Å²) in [5.74, 6) is 5.02. The van der Waals surface area contributed by atoms with Crippen LogP contribution in [-0.2, 0) is 4.74 Å². The van der Waals surface area contributed by atoms with Gasteiger partial charge in [-0.3, -0.25) is 9.69 Å². The second kappa shape index (κ2) is 8.37. The highest BCUT2D eigenvalue weighted by Gasteiger charge is 2.13. The zero-order valence-electron chi connectivity index (χ0n) is 11.8. The van der Waals surface area contributed by atoms with Gasteiger partial charge in [-0.2, -0.15) is 0 Å². The van der Waals surface area contributed by atoms with Crippen LogP contribution < -0.4 is 5.32 Å². The van der Waals surface area contributed by atoms with Gasteiger partial charge in [0.1, 0.15) is 12.3 Å². The number of rotatable bonds is 4. The van der Waals surface area contributed by atoms with Crippen molar-refractivity contribution in [1.82, 2.24) is 15.2 Å². The van der Waals surface area contributed by atoms with Gasteiger partial charge >= 0.3 is 0 Å². The van der Waals surface area contributed by atoms with Gasteiger partial charge in [0.05, 0.1) is 18.8 Å². The number of amides is 1. The number of nitrogens with zero attached hydrogens (tertiary/aromatic N) is 2. The van der Waals surface area contributed by atoms with E-state index in [2.05, 4.69) is 27.0 Å². The van der Waals surface area contributed by atoms with Gasteiger partial charge in [0.25, 0.3) is 5.91 Å². The molecule has 2 heterocycles. The third-order valence-corrected chi connectivity index (χ3v) is 3.14. The van der Waals surface area contributed by atoms with E-state index in [1.807, 2.05) is 0 Å². The van der Waals surface area contributed by atoms with Gasteiger partial charge in [-0.05, 0) is 12.1 Å². The van der Waals surface area contributed by atoms with Gasteiger partial charge in [0.15, 0.2) is 0 Å². The Hall–Kier alpha value is -1.94. The van der Waals surface area contributed by atoms with Crippen LogP contribution in [0.25, 0.3) is 0 Å². The summed E-state index contributed by atoms with van der Waals surface area (Å²) >= 11 is 0. The number of aliphatic hydroxyl groups is 1. The third kappa shape index (κ3) is 4.83. The Kier molecular flexibility index (Phi) is 6.16. The molecule has 2 rings (SSSR count). The predicted molar refractivity (Wildman–Crippen MR) is 77.8 cm³/mol. The first kappa shape index (κ1) is 15.4. The molecule has 0 radical (unpaired) electrons. The maximum Gasteiger partial charge on any atom is 0.271 e. The number of pyridine rings is 1. The fourth-order valence-corrected chi connectivity index (χ4v) is 2.06. The van der Waals surface area contributed by atoms with Crippen LogP contribution in [0.3, 0.4) is 0 Å². The van der Waals surface area contributed by atoms with Crippen LogP contribution in [0.5, 0.6) is 0 Å². The van der Waals surface area contributed by atoms with E-state index in [0.717, 1.165) is 32.8 Å². The number of morpholine rings is 1. The minimum absolute atomic E-state index is 0.243. The SMILES string of the molecule is O=C(NCCN1CCOCC1)c1ncccc1C#CCO. The molecule has 0 spiro atoms. The standard InChI is InChI=1S/C15H19N3O3/c19-10-2-4-13-3-1-5-16-14(13)15(20)17-6-7-18-8-11-21-12-9-18/h1,3,5,19H,6-12H2,(H,17,20). The average Bonchev–Trinajstić information content (AvgIpc) is 2.54. The van der Waals surface area contributed by atoms with Gasteiger partial charge in [-0.25, -0.2) is 4.98 Å². The van der Waals surface area contributed by atoms with Gasteiger partial charge in [0.2, 0.25) is 0 Å². The van der Waals surface area contributed by atoms with E-state index in [1.165, 1.54) is 0 Å². The first-order chi connectivity index (χ1) is 10.3. The Balaban J connectivity index is 1.88. The minimum atomic E-state index is -0.244. The highest BCUT2D eigenvalue weighted by Crippen LogP contribution is 2.03. The number of hydrogen-bond acceptors (Lipinski definition) is 5. The molecule has 0 saturated carbocycles. The molecule has 1 aliphatic heterocycles. The van der Waals surface area contributed by atoms with Crippen LogP contribution in [0.15, 0.2) is 18.3 Å². The van der Waals surface area contributed by atoms with Gasteiger partial charge in [-0.15, -0.1) is 0 Å². The van der Waals surface area contributed by atoms with Crippen molar-refractivity contribution in [2.45, 2.75) is 0 Å². The van der Waals surface area contributed by atoms with Crippen LogP contribution in [0, 0.1) is 11.8 Å². The van der Waals surface area contributed by atoms with Crippen molar-refractivity contribution in [2.75, 3.05) is 46.0 Å². The highest BCUT2D eigenvalue weighted by molar-refractivity contribution is 5.94. The van der Waals surface area contributed by atoms with E-state index in [4.69, 9.17) is 9.84 Å². The molecule has 1 aromatic heterocycles. The number of carbonyl (C=O) groups excluding carboxylic acids is 1. The summed E-state index contributed by atoms with van der Waals surface area (Å²) < 4.78 is 5.28. The van der Waals surface area contributed by atoms with Gasteiger partial charge in [-0.1, -0.05) is 11.8 Å². The Morgan fingerprint density at radius 2 is 2.29 bits per heavy atom. The van der Waals surface area contributed by atoms with E-state index >= 15 is 0 Å². The zero-order chi connectivity index (χ0) is 14.9. The molecule has 21 heavy (non-hydrogen) atoms. The summed E-state index contributed by atoms with van der Waals surface area (Å²) in [6.07, 6.45) is 1.56. The highest BCUT2D eigenvalue weighted by atomic mass is 16.5. The van der Waals surface area contributed by atoms with E-state index < -0.39 is 0 Å². The van der Waals surface area contributed by atoms with Crippen LogP contribution in [0.2, 0.25) is 0 Å². The normalized spacial score (nSPS) is 15.1. The molecule has 1 aliphatic rings. The molecule has 2 N–H and O–H groups in total. The molecule has 1 aromatic rings. The van der Waals surface area contributed by atoms with Crippen molar-refractivity contribution >= 4 is 5.91 Å². The number of aromatic nitrogens is 1. The molecule has 6 nitrogen and oxygen atoms in total. The first-order valence-electron chi connectivity index (χ1n) is 6.94. The molecule has 6 heteroatoms. The monoisotopic (exact) mass is 289 g/mol. The molecule has 0 aliphatic carbocycles. The zero-order valence-corrected chi connectivity index (χ0v) is 11.8. The van der Waals surface area contributed by atoms with Crippen molar-refractivity contribution in [3.8, 4) is 11.8 Å². The van der Waals surface area contributed by atoms with Crippen LogP contribution in [0.1, 0.15) is 16.1 Å². The smallest absolute Gasteiger partial charge is 0.271 e. The first-order valence-corrected chi connectivity index (χ1v) is 6.94. The van der Waals surface area contributed by atoms with Crippen molar-refractivity contribution in [3.05, 3.63) is 29.6 Å². The van der Waals surface area contributed by atoms with Gasteiger partial charge in [0, 0.05) is 32.4 Å². The molecule has 0 bridgehead atoms. The van der Waals surface area contributed by atoms with Crippen LogP contribution in [-0.4, -0.2) is 66.9 Å². The molecule has 0 unspecified atom stereocenters. The molecule has 1 amide bonds. The summed E-state index contributed by atoms with van der Waals surface area (Å²) in [6.45, 7) is 4.39. The Morgan fingerprint density at radius 1 is 1.48 bits per heavy atom. The van der Waals surface area contributed by atoms with Crippen molar-refractivity contribution < 1.29 is 14.6 Å². The number of carbonyl (C=O) groups is 1. The molecule has 0 atom stereocenters. The van der Waals surface area contributed by atoms with E-state index in [9.17, 15) is 4.79 Å². The fraction of sp³-hybridized carbons (Fsp3) is 0.467. The van der Waals surface area contributed by atoms with Crippen molar-refractivity contribution in [3.63, 3.8) is 0 Å². The van der Waals surface area contributed by atoms with Crippen LogP contribution >= 0.6 is 0 Å². The average molecular weight is 289 g/mol. The predicted octanol–water partition coefficient (Wildman–Crippen LogP) is -0.513. The molecular weight excluding hydrogens is 270 g/mol. The topological polar surface area (TPSA) is 74.7 Å². The largest absolute Gasteiger partial charge is 0.384 e. The van der Waals surface area contributed by atoms with Crippen molar-refractivity contribution in [1.29, 1.82) is 0 Å². The summed E-state index contributed by atoms with van der Waals surface area (Å²) in [6, 6.07) is 3.43. The molecule has 1 fully saturated rings. The Morgan fingerprint density at radius 3 is 3.05 bits per heavy atom. The second-order valence-electron chi connectivity index (χ2n) is 4.57.